The lowest BCUT2D eigenvalue weighted by molar-refractivity contribution is 0.0982. The number of thioether (sulfide) groups is 1. The molecular weight excluding hydrogens is 320 g/mol. The van der Waals surface area contributed by atoms with E-state index in [9.17, 15) is 4.79 Å². The Labute approximate surface area is 145 Å². The number of aromatic nitrogens is 4. The first-order valence-electron chi connectivity index (χ1n) is 7.81. The highest BCUT2D eigenvalue weighted by Crippen LogP contribution is 2.21. The highest BCUT2D eigenvalue weighted by atomic mass is 32.2. The summed E-state index contributed by atoms with van der Waals surface area (Å²) in [5.41, 5.74) is 2.86. The zero-order valence-electron chi connectivity index (χ0n) is 13.4. The van der Waals surface area contributed by atoms with Gasteiger partial charge in [-0.05, 0) is 35.4 Å². The molecular formula is C18H18N4OS. The molecule has 0 aliphatic carbocycles. The average molecular weight is 338 g/mol. The molecule has 0 unspecified atom stereocenters. The standard InChI is InChI=1S/C18H18N4OS/c1-14-8-5-6-11-16(14)22-18(19-20-21-22)24-13-7-12-17(23)15-9-3-2-4-10-15/h2-6,8-11H,7,12-13H2,1H3. The van der Waals surface area contributed by atoms with Crippen LogP contribution in [0.15, 0.2) is 59.8 Å². The summed E-state index contributed by atoms with van der Waals surface area (Å²) in [6.07, 6.45) is 1.32. The maximum Gasteiger partial charge on any atom is 0.214 e. The monoisotopic (exact) mass is 338 g/mol. The fourth-order valence-electron chi connectivity index (χ4n) is 2.39. The Morgan fingerprint density at radius 3 is 2.62 bits per heavy atom. The topological polar surface area (TPSA) is 60.7 Å². The van der Waals surface area contributed by atoms with E-state index in [1.165, 1.54) is 0 Å². The van der Waals surface area contributed by atoms with E-state index in [4.69, 9.17) is 0 Å². The van der Waals surface area contributed by atoms with Crippen molar-refractivity contribution < 1.29 is 4.79 Å². The van der Waals surface area contributed by atoms with E-state index in [0.29, 0.717) is 6.42 Å². The van der Waals surface area contributed by atoms with Crippen molar-refractivity contribution in [1.82, 2.24) is 20.2 Å². The second-order valence-corrected chi connectivity index (χ2v) is 6.46. The van der Waals surface area contributed by atoms with Gasteiger partial charge in [0.05, 0.1) is 5.69 Å². The fourth-order valence-corrected chi connectivity index (χ4v) is 3.21. The van der Waals surface area contributed by atoms with Crippen LogP contribution in [-0.4, -0.2) is 31.7 Å². The van der Waals surface area contributed by atoms with Crippen LogP contribution < -0.4 is 0 Å². The number of aryl methyl sites for hydroxylation is 1. The molecule has 5 nitrogen and oxygen atoms in total. The molecule has 0 bridgehead atoms. The van der Waals surface area contributed by atoms with Gasteiger partial charge in [0.2, 0.25) is 5.16 Å². The molecule has 1 aromatic heterocycles. The predicted octanol–water partition coefficient (Wildman–Crippen LogP) is 3.73. The van der Waals surface area contributed by atoms with Crippen molar-refractivity contribution in [1.29, 1.82) is 0 Å². The number of ketones is 1. The summed E-state index contributed by atoms with van der Waals surface area (Å²) in [7, 11) is 0. The Hall–Kier alpha value is -2.47. The van der Waals surface area contributed by atoms with Gasteiger partial charge in [0.25, 0.3) is 0 Å². The molecule has 24 heavy (non-hydrogen) atoms. The van der Waals surface area contributed by atoms with Gasteiger partial charge < -0.3 is 0 Å². The van der Waals surface area contributed by atoms with Crippen molar-refractivity contribution in [2.75, 3.05) is 5.75 Å². The van der Waals surface area contributed by atoms with E-state index in [0.717, 1.165) is 34.1 Å². The van der Waals surface area contributed by atoms with Crippen LogP contribution in [0.1, 0.15) is 28.8 Å². The predicted molar refractivity (Wildman–Crippen MR) is 94.6 cm³/mol. The molecule has 3 aromatic rings. The van der Waals surface area contributed by atoms with Gasteiger partial charge in [-0.3, -0.25) is 4.79 Å². The first-order chi connectivity index (χ1) is 11.8. The highest BCUT2D eigenvalue weighted by Gasteiger charge is 2.11. The summed E-state index contributed by atoms with van der Waals surface area (Å²) in [4.78, 5) is 12.1. The number of benzene rings is 2. The van der Waals surface area contributed by atoms with Gasteiger partial charge in [-0.25, -0.2) is 0 Å². The number of hydrogen-bond acceptors (Lipinski definition) is 5. The van der Waals surface area contributed by atoms with Gasteiger partial charge in [0.1, 0.15) is 0 Å². The number of rotatable bonds is 7. The van der Waals surface area contributed by atoms with Crippen molar-refractivity contribution in [3.8, 4) is 5.69 Å². The lowest BCUT2D eigenvalue weighted by Gasteiger charge is -2.07. The minimum atomic E-state index is 0.176. The first kappa shape index (κ1) is 16.4. The molecule has 0 radical (unpaired) electrons. The van der Waals surface area contributed by atoms with Crippen LogP contribution in [0.3, 0.4) is 0 Å². The minimum Gasteiger partial charge on any atom is -0.294 e. The molecule has 3 rings (SSSR count). The molecule has 0 N–H and O–H groups in total. The van der Waals surface area contributed by atoms with Crippen LogP contribution in [0, 0.1) is 6.92 Å². The smallest absolute Gasteiger partial charge is 0.214 e. The minimum absolute atomic E-state index is 0.176. The molecule has 6 heteroatoms. The number of carbonyl (C=O) groups is 1. The van der Waals surface area contributed by atoms with Crippen molar-refractivity contribution in [2.45, 2.75) is 24.9 Å². The van der Waals surface area contributed by atoms with E-state index >= 15 is 0 Å². The van der Waals surface area contributed by atoms with E-state index < -0.39 is 0 Å². The molecule has 0 saturated carbocycles. The van der Waals surface area contributed by atoms with Crippen molar-refractivity contribution in [2.24, 2.45) is 0 Å². The summed E-state index contributed by atoms with van der Waals surface area (Å²) in [6.45, 7) is 2.03. The molecule has 1 heterocycles. The van der Waals surface area contributed by atoms with Crippen molar-refractivity contribution >= 4 is 17.5 Å². The third-order valence-corrected chi connectivity index (χ3v) is 4.67. The summed E-state index contributed by atoms with van der Waals surface area (Å²) in [5.74, 6) is 0.972. The summed E-state index contributed by atoms with van der Waals surface area (Å²) < 4.78 is 1.75. The van der Waals surface area contributed by atoms with Crippen LogP contribution >= 0.6 is 11.8 Å². The van der Waals surface area contributed by atoms with Gasteiger partial charge in [-0.15, -0.1) is 5.10 Å². The number of para-hydroxylation sites is 1. The van der Waals surface area contributed by atoms with Gasteiger partial charge in [-0.1, -0.05) is 60.3 Å². The van der Waals surface area contributed by atoms with Crippen LogP contribution in [-0.2, 0) is 0 Å². The van der Waals surface area contributed by atoms with Crippen molar-refractivity contribution in [3.63, 3.8) is 0 Å². The molecule has 0 amide bonds. The summed E-state index contributed by atoms with van der Waals surface area (Å²) in [5, 5.41) is 12.7. The Kier molecular flexibility index (Phi) is 5.38. The second-order valence-electron chi connectivity index (χ2n) is 5.40. The number of Topliss-reactive ketones (excluding diaryl/α,β-unsaturated/α-hetero) is 1. The van der Waals surface area contributed by atoms with Crippen LogP contribution in [0.4, 0.5) is 0 Å². The zero-order chi connectivity index (χ0) is 16.8. The number of nitrogens with zero attached hydrogens (tertiary/aromatic N) is 4. The Morgan fingerprint density at radius 1 is 1.08 bits per heavy atom. The molecule has 122 valence electrons. The lowest BCUT2D eigenvalue weighted by atomic mass is 10.1. The van der Waals surface area contributed by atoms with Crippen molar-refractivity contribution in [3.05, 3.63) is 65.7 Å². The zero-order valence-corrected chi connectivity index (χ0v) is 14.2. The third kappa shape index (κ3) is 3.89. The summed E-state index contributed by atoms with van der Waals surface area (Å²) in [6, 6.07) is 17.4. The highest BCUT2D eigenvalue weighted by molar-refractivity contribution is 7.99. The molecule has 0 saturated heterocycles. The SMILES string of the molecule is Cc1ccccc1-n1nnnc1SCCCC(=O)c1ccccc1. The average Bonchev–Trinajstić information content (AvgIpc) is 3.08. The van der Waals surface area contributed by atoms with Gasteiger partial charge >= 0.3 is 0 Å². The second kappa shape index (κ2) is 7.88. The Bertz CT molecular complexity index is 817. The van der Waals surface area contributed by atoms with Crippen LogP contribution in [0.5, 0.6) is 0 Å². The maximum atomic E-state index is 12.1. The first-order valence-corrected chi connectivity index (χ1v) is 8.79. The van der Waals surface area contributed by atoms with E-state index in [-0.39, 0.29) is 5.78 Å². The summed E-state index contributed by atoms with van der Waals surface area (Å²) >= 11 is 1.57. The molecule has 2 aromatic carbocycles. The van der Waals surface area contributed by atoms with Gasteiger partial charge in [0.15, 0.2) is 5.78 Å². The number of carbonyl (C=O) groups excluding carboxylic acids is 1. The number of tetrazole rings is 1. The molecule has 0 spiro atoms. The van der Waals surface area contributed by atoms with E-state index in [2.05, 4.69) is 15.5 Å². The third-order valence-electron chi connectivity index (χ3n) is 3.66. The fraction of sp³-hybridized carbons (Fsp3) is 0.222. The Balaban J connectivity index is 1.56. The molecule has 0 fully saturated rings. The van der Waals surface area contributed by atoms with E-state index in [1.807, 2.05) is 61.5 Å². The molecule has 0 atom stereocenters. The van der Waals surface area contributed by atoms with E-state index in [1.54, 1.807) is 16.4 Å². The molecule has 0 aliphatic rings. The quantitative estimate of drug-likeness (QED) is 0.373. The Morgan fingerprint density at radius 2 is 1.83 bits per heavy atom. The van der Waals surface area contributed by atoms with Crippen LogP contribution in [0.25, 0.3) is 5.69 Å². The van der Waals surface area contributed by atoms with Gasteiger partial charge in [0, 0.05) is 17.7 Å². The maximum absolute atomic E-state index is 12.1. The van der Waals surface area contributed by atoms with Gasteiger partial charge in [-0.2, -0.15) is 4.68 Å². The van der Waals surface area contributed by atoms with Crippen LogP contribution in [0.2, 0.25) is 0 Å². The normalized spacial score (nSPS) is 10.7. The number of hydrogen-bond donors (Lipinski definition) is 0. The molecule has 0 aliphatic heterocycles. The lowest BCUT2D eigenvalue weighted by Crippen LogP contribution is -2.02. The largest absolute Gasteiger partial charge is 0.294 e.